The molecule has 0 atom stereocenters. The quantitative estimate of drug-likeness (QED) is 0.290. The number of benzene rings is 1. The van der Waals surface area contributed by atoms with Crippen molar-refractivity contribution in [3.63, 3.8) is 0 Å². The van der Waals surface area contributed by atoms with Crippen molar-refractivity contribution in [1.29, 1.82) is 0 Å². The monoisotopic (exact) mass is 545 g/mol. The Kier molecular flexibility index (Phi) is 7.23. The molecule has 0 aliphatic rings. The lowest BCUT2D eigenvalue weighted by Gasteiger charge is -2.18. The number of methoxy groups -OCH3 is 1. The van der Waals surface area contributed by atoms with Gasteiger partial charge < -0.3 is 15.0 Å². The maximum Gasteiger partial charge on any atom is 0.433 e. The summed E-state index contributed by atoms with van der Waals surface area (Å²) in [7, 11) is 3.57. The summed E-state index contributed by atoms with van der Waals surface area (Å²) in [5, 5.41) is 11.3. The second-order valence-electron chi connectivity index (χ2n) is 8.87. The minimum atomic E-state index is -4.66. The van der Waals surface area contributed by atoms with E-state index < -0.39 is 17.8 Å². The lowest BCUT2D eigenvalue weighted by Crippen LogP contribution is -2.17. The zero-order valence-electron chi connectivity index (χ0n) is 21.3. The van der Waals surface area contributed by atoms with E-state index in [0.717, 1.165) is 34.2 Å². The Balaban J connectivity index is 1.32. The zero-order chi connectivity index (χ0) is 28.3. The van der Waals surface area contributed by atoms with Crippen molar-refractivity contribution in [1.82, 2.24) is 25.1 Å². The summed E-state index contributed by atoms with van der Waals surface area (Å²) in [6, 6.07) is 15.0. The highest BCUT2D eigenvalue weighted by Gasteiger charge is 2.33. The van der Waals surface area contributed by atoms with Gasteiger partial charge in [0.1, 0.15) is 17.3 Å². The fourth-order valence-electron chi connectivity index (χ4n) is 3.95. The first kappa shape index (κ1) is 26.5. The summed E-state index contributed by atoms with van der Waals surface area (Å²) in [5.41, 5.74) is 1.79. The molecule has 0 aliphatic heterocycles. The molecule has 0 saturated heterocycles. The molecule has 0 bridgehead atoms. The van der Waals surface area contributed by atoms with Crippen LogP contribution in [0.2, 0.25) is 0 Å². The van der Waals surface area contributed by atoms with Gasteiger partial charge in [-0.1, -0.05) is 12.1 Å². The molecule has 5 aromatic rings. The third-order valence-electron chi connectivity index (χ3n) is 6.04. The van der Waals surface area contributed by atoms with Gasteiger partial charge in [-0.3, -0.25) is 14.8 Å². The van der Waals surface area contributed by atoms with Crippen LogP contribution in [0.5, 0.6) is 5.75 Å². The van der Waals surface area contributed by atoms with Crippen LogP contribution in [0.3, 0.4) is 0 Å². The molecule has 0 saturated carbocycles. The number of alkyl halides is 3. The van der Waals surface area contributed by atoms with Crippen LogP contribution in [0.4, 0.5) is 24.7 Å². The second kappa shape index (κ2) is 10.9. The van der Waals surface area contributed by atoms with Crippen LogP contribution in [0.15, 0.2) is 79.4 Å². The molecule has 0 radical (unpaired) electrons. The SMILES string of the molecule is COc1ccc(CN(C)c2cc3ncc(-c4cc(NC(=O)c5ccnc(C(F)(F)F)c5)cnn4)cc3cn2)cc1. The third-order valence-corrected chi connectivity index (χ3v) is 6.04. The van der Waals surface area contributed by atoms with E-state index in [-0.39, 0.29) is 11.3 Å². The Labute approximate surface area is 226 Å². The van der Waals surface area contributed by atoms with Gasteiger partial charge in [-0.25, -0.2) is 4.98 Å². The van der Waals surface area contributed by atoms with E-state index in [4.69, 9.17) is 4.74 Å². The number of amides is 1. The second-order valence-corrected chi connectivity index (χ2v) is 8.87. The minimum absolute atomic E-state index is 0.188. The lowest BCUT2D eigenvalue weighted by molar-refractivity contribution is -0.141. The van der Waals surface area contributed by atoms with Crippen molar-refractivity contribution in [2.75, 3.05) is 24.4 Å². The molecule has 40 heavy (non-hydrogen) atoms. The maximum atomic E-state index is 13.0. The number of halogens is 3. The maximum absolute atomic E-state index is 13.0. The highest BCUT2D eigenvalue weighted by atomic mass is 19.4. The van der Waals surface area contributed by atoms with Crippen molar-refractivity contribution in [3.05, 3.63) is 96.2 Å². The highest BCUT2D eigenvalue weighted by molar-refractivity contribution is 6.04. The molecule has 4 heterocycles. The molecule has 12 heteroatoms. The summed E-state index contributed by atoms with van der Waals surface area (Å²) in [6.45, 7) is 0.645. The van der Waals surface area contributed by atoms with Gasteiger partial charge in [0, 0.05) is 54.8 Å². The van der Waals surface area contributed by atoms with Crippen molar-refractivity contribution < 1.29 is 22.7 Å². The Hall–Kier alpha value is -5.13. The number of carbonyl (C=O) groups is 1. The number of aromatic nitrogens is 5. The standard InChI is InChI=1S/C28H22F3N7O2/c1-38(16-17-3-5-22(40-2)6-4-17)26-12-23-19(14-34-26)9-20(13-33-23)24-11-21(15-35-37-24)36-27(39)18-7-8-32-25(10-18)28(29,30)31/h3-15H,16H2,1-2H3,(H,36,37,39). The first-order valence-corrected chi connectivity index (χ1v) is 12.0. The summed E-state index contributed by atoms with van der Waals surface area (Å²) in [5.74, 6) is 0.804. The van der Waals surface area contributed by atoms with Gasteiger partial charge in [-0.05, 0) is 42.0 Å². The minimum Gasteiger partial charge on any atom is -0.497 e. The topological polar surface area (TPSA) is 106 Å². The fraction of sp³-hybridized carbons (Fsp3) is 0.143. The van der Waals surface area contributed by atoms with Crippen molar-refractivity contribution in [2.24, 2.45) is 0 Å². The van der Waals surface area contributed by atoms with Crippen LogP contribution in [0.25, 0.3) is 22.2 Å². The van der Waals surface area contributed by atoms with Crippen LogP contribution in [-0.4, -0.2) is 45.2 Å². The highest BCUT2D eigenvalue weighted by Crippen LogP contribution is 2.28. The van der Waals surface area contributed by atoms with Gasteiger partial charge in [0.25, 0.3) is 5.91 Å². The summed E-state index contributed by atoms with van der Waals surface area (Å²) in [4.78, 5) is 27.0. The number of fused-ring (bicyclic) bond motifs is 1. The Morgan fingerprint density at radius 2 is 1.77 bits per heavy atom. The molecule has 4 aromatic heterocycles. The van der Waals surface area contributed by atoms with E-state index in [9.17, 15) is 18.0 Å². The van der Waals surface area contributed by atoms with E-state index in [1.165, 1.54) is 12.3 Å². The van der Waals surface area contributed by atoms with Gasteiger partial charge in [0.2, 0.25) is 0 Å². The van der Waals surface area contributed by atoms with Crippen LogP contribution in [-0.2, 0) is 12.7 Å². The zero-order valence-corrected chi connectivity index (χ0v) is 21.3. The van der Waals surface area contributed by atoms with Crippen molar-refractivity contribution >= 4 is 28.3 Å². The molecule has 1 aromatic carbocycles. The number of hydrogen-bond acceptors (Lipinski definition) is 8. The number of pyridine rings is 3. The normalized spacial score (nSPS) is 11.3. The van der Waals surface area contributed by atoms with Gasteiger partial charge in [0.05, 0.1) is 30.2 Å². The lowest BCUT2D eigenvalue weighted by atomic mass is 10.1. The van der Waals surface area contributed by atoms with Crippen LogP contribution in [0.1, 0.15) is 21.6 Å². The Morgan fingerprint density at radius 1 is 0.975 bits per heavy atom. The Morgan fingerprint density at radius 3 is 2.52 bits per heavy atom. The average Bonchev–Trinajstić information content (AvgIpc) is 2.96. The van der Waals surface area contributed by atoms with E-state index in [1.54, 1.807) is 25.6 Å². The Bertz CT molecular complexity index is 1680. The first-order valence-electron chi connectivity index (χ1n) is 12.0. The summed E-state index contributed by atoms with van der Waals surface area (Å²) in [6.07, 6.45) is 0.918. The van der Waals surface area contributed by atoms with E-state index in [0.29, 0.717) is 23.9 Å². The van der Waals surface area contributed by atoms with Gasteiger partial charge >= 0.3 is 6.18 Å². The predicted octanol–water partition coefficient (Wildman–Crippen LogP) is 5.40. The van der Waals surface area contributed by atoms with E-state index >= 15 is 0 Å². The number of anilines is 2. The molecule has 0 spiro atoms. The molecule has 9 nitrogen and oxygen atoms in total. The smallest absolute Gasteiger partial charge is 0.433 e. The molecule has 1 amide bonds. The number of nitrogens with one attached hydrogen (secondary N) is 1. The van der Waals surface area contributed by atoms with E-state index in [1.807, 2.05) is 48.3 Å². The predicted molar refractivity (Wildman–Crippen MR) is 143 cm³/mol. The van der Waals surface area contributed by atoms with Gasteiger partial charge in [-0.2, -0.15) is 23.4 Å². The third kappa shape index (κ3) is 5.96. The molecular formula is C28H22F3N7O2. The van der Waals surface area contributed by atoms with Crippen molar-refractivity contribution in [3.8, 4) is 17.0 Å². The summed E-state index contributed by atoms with van der Waals surface area (Å²) < 4.78 is 44.1. The first-order chi connectivity index (χ1) is 19.2. The van der Waals surface area contributed by atoms with Gasteiger partial charge in [0.15, 0.2) is 0 Å². The molecule has 0 unspecified atom stereocenters. The molecule has 202 valence electrons. The number of rotatable bonds is 7. The summed E-state index contributed by atoms with van der Waals surface area (Å²) >= 11 is 0. The van der Waals surface area contributed by atoms with Gasteiger partial charge in [-0.15, -0.1) is 0 Å². The van der Waals surface area contributed by atoms with Crippen LogP contribution < -0.4 is 15.0 Å². The number of nitrogens with zero attached hydrogens (tertiary/aromatic N) is 6. The van der Waals surface area contributed by atoms with Crippen LogP contribution >= 0.6 is 0 Å². The van der Waals surface area contributed by atoms with E-state index in [2.05, 4.69) is 30.5 Å². The fourth-order valence-corrected chi connectivity index (χ4v) is 3.95. The largest absolute Gasteiger partial charge is 0.497 e. The van der Waals surface area contributed by atoms with Crippen LogP contribution in [0, 0.1) is 0 Å². The average molecular weight is 546 g/mol. The molecule has 0 aliphatic carbocycles. The molecule has 0 fully saturated rings. The molecular weight excluding hydrogens is 523 g/mol. The molecule has 1 N–H and O–H groups in total. The number of hydrogen-bond donors (Lipinski definition) is 1. The number of ether oxygens (including phenoxy) is 1. The van der Waals surface area contributed by atoms with Crippen molar-refractivity contribution in [2.45, 2.75) is 12.7 Å². The number of carbonyl (C=O) groups excluding carboxylic acids is 1. The molecule has 5 rings (SSSR count).